The third-order valence-corrected chi connectivity index (χ3v) is 4.41. The van der Waals surface area contributed by atoms with Crippen LogP contribution in [0.2, 0.25) is 0 Å². The lowest BCUT2D eigenvalue weighted by Crippen LogP contribution is -2.10. The molecule has 2 aromatic heterocycles. The predicted octanol–water partition coefficient (Wildman–Crippen LogP) is 2.89. The number of rotatable bonds is 3. The number of hydrogen-bond acceptors (Lipinski definition) is 4. The van der Waals surface area contributed by atoms with Gasteiger partial charge < -0.3 is 10.1 Å². The summed E-state index contributed by atoms with van der Waals surface area (Å²) >= 11 is 1.60. The molecule has 98 valence electrons. The maximum atomic E-state index is 12.1. The molecule has 1 N–H and O–H groups in total. The fourth-order valence-electron chi connectivity index (χ4n) is 2.21. The molecule has 19 heavy (non-hydrogen) atoms. The summed E-state index contributed by atoms with van der Waals surface area (Å²) in [5.41, 5.74) is 2.02. The molecule has 1 aliphatic carbocycles. The second kappa shape index (κ2) is 5.01. The molecule has 5 heteroatoms. The van der Waals surface area contributed by atoms with Crippen molar-refractivity contribution in [2.24, 2.45) is 0 Å². The molecule has 0 atom stereocenters. The lowest BCUT2D eigenvalue weighted by Gasteiger charge is -2.04. The number of hydrogen-bond donors (Lipinski definition) is 1. The minimum atomic E-state index is -0.0635. The Labute approximate surface area is 115 Å². The van der Waals surface area contributed by atoms with Crippen molar-refractivity contribution < 1.29 is 9.53 Å². The van der Waals surface area contributed by atoms with E-state index in [2.05, 4.69) is 10.3 Å². The van der Waals surface area contributed by atoms with Crippen LogP contribution in [0.4, 0.5) is 5.69 Å². The highest BCUT2D eigenvalue weighted by molar-refractivity contribution is 7.14. The molecule has 0 bridgehead atoms. The molecule has 2 heterocycles. The van der Waals surface area contributed by atoms with Crippen molar-refractivity contribution in [1.82, 2.24) is 4.98 Å². The van der Waals surface area contributed by atoms with E-state index >= 15 is 0 Å². The van der Waals surface area contributed by atoms with Crippen molar-refractivity contribution in [3.05, 3.63) is 39.7 Å². The fourth-order valence-corrected chi connectivity index (χ4v) is 3.36. The van der Waals surface area contributed by atoms with E-state index in [1.165, 1.54) is 16.9 Å². The summed E-state index contributed by atoms with van der Waals surface area (Å²) in [6.45, 7) is 0. The van der Waals surface area contributed by atoms with E-state index in [9.17, 15) is 4.79 Å². The summed E-state index contributed by atoms with van der Waals surface area (Å²) in [4.78, 5) is 18.3. The molecule has 1 aliphatic rings. The number of fused-ring (bicyclic) bond motifs is 1. The van der Waals surface area contributed by atoms with Crippen LogP contribution in [0, 0.1) is 0 Å². The number of amides is 1. The monoisotopic (exact) mass is 274 g/mol. The number of ether oxygens (including phenoxy) is 1. The average molecular weight is 274 g/mol. The van der Waals surface area contributed by atoms with Gasteiger partial charge in [-0.25, -0.2) is 4.98 Å². The Morgan fingerprint density at radius 2 is 2.32 bits per heavy atom. The molecule has 1 amide bonds. The van der Waals surface area contributed by atoms with Gasteiger partial charge in [0.2, 0.25) is 5.88 Å². The molecule has 0 fully saturated rings. The smallest absolute Gasteiger partial charge is 0.265 e. The second-order valence-corrected chi connectivity index (χ2v) is 5.59. The van der Waals surface area contributed by atoms with E-state index in [-0.39, 0.29) is 5.91 Å². The highest BCUT2D eigenvalue weighted by atomic mass is 32.1. The number of nitrogens with zero attached hydrogens (tertiary/aromatic N) is 1. The Hall–Kier alpha value is -1.88. The maximum Gasteiger partial charge on any atom is 0.265 e. The summed E-state index contributed by atoms with van der Waals surface area (Å²) in [5, 5.41) is 2.85. The zero-order chi connectivity index (χ0) is 13.2. The van der Waals surface area contributed by atoms with Gasteiger partial charge in [0, 0.05) is 10.9 Å². The summed E-state index contributed by atoms with van der Waals surface area (Å²) in [5.74, 6) is 0.472. The van der Waals surface area contributed by atoms with Gasteiger partial charge in [-0.05, 0) is 37.0 Å². The molecule has 2 aromatic rings. The van der Waals surface area contributed by atoms with Crippen molar-refractivity contribution >= 4 is 22.9 Å². The quantitative estimate of drug-likeness (QED) is 0.936. The zero-order valence-corrected chi connectivity index (χ0v) is 11.4. The molecule has 0 unspecified atom stereocenters. The number of aryl methyl sites for hydroxylation is 2. The lowest BCUT2D eigenvalue weighted by molar-refractivity contribution is 0.103. The first kappa shape index (κ1) is 12.2. The predicted molar refractivity (Wildman–Crippen MR) is 75.1 cm³/mol. The minimum Gasteiger partial charge on any atom is -0.481 e. The average Bonchev–Trinajstić information content (AvgIpc) is 3.00. The number of anilines is 1. The van der Waals surface area contributed by atoms with E-state index in [4.69, 9.17) is 4.74 Å². The third kappa shape index (κ3) is 2.46. The van der Waals surface area contributed by atoms with Crippen LogP contribution in [-0.4, -0.2) is 18.0 Å². The van der Waals surface area contributed by atoms with E-state index in [0.717, 1.165) is 17.7 Å². The topological polar surface area (TPSA) is 51.2 Å². The number of aromatic nitrogens is 1. The van der Waals surface area contributed by atoms with E-state index in [1.807, 2.05) is 6.07 Å². The van der Waals surface area contributed by atoms with Gasteiger partial charge >= 0.3 is 0 Å². The molecule has 4 nitrogen and oxygen atoms in total. The highest BCUT2D eigenvalue weighted by Crippen LogP contribution is 2.30. The van der Waals surface area contributed by atoms with E-state index in [0.29, 0.717) is 11.6 Å². The van der Waals surface area contributed by atoms with Gasteiger partial charge in [-0.2, -0.15) is 0 Å². The maximum absolute atomic E-state index is 12.1. The Bertz CT molecular complexity index is 583. The highest BCUT2D eigenvalue weighted by Gasteiger charge is 2.18. The first-order chi connectivity index (χ1) is 9.26. The van der Waals surface area contributed by atoms with Crippen molar-refractivity contribution in [2.75, 3.05) is 12.4 Å². The van der Waals surface area contributed by atoms with E-state index in [1.54, 1.807) is 36.8 Å². The molecule has 0 spiro atoms. The lowest BCUT2D eigenvalue weighted by atomic mass is 10.2. The van der Waals surface area contributed by atoms with Crippen LogP contribution in [0.25, 0.3) is 0 Å². The van der Waals surface area contributed by atoms with Gasteiger partial charge in [-0.1, -0.05) is 0 Å². The molecule has 3 rings (SSSR count). The van der Waals surface area contributed by atoms with Crippen LogP contribution in [0.5, 0.6) is 5.88 Å². The van der Waals surface area contributed by atoms with Crippen LogP contribution < -0.4 is 10.1 Å². The Balaban J connectivity index is 1.72. The van der Waals surface area contributed by atoms with Crippen molar-refractivity contribution in [3.63, 3.8) is 0 Å². The van der Waals surface area contributed by atoms with Gasteiger partial charge in [-0.15, -0.1) is 11.3 Å². The zero-order valence-electron chi connectivity index (χ0n) is 10.6. The van der Waals surface area contributed by atoms with Crippen LogP contribution in [0.15, 0.2) is 24.4 Å². The summed E-state index contributed by atoms with van der Waals surface area (Å²) in [6.07, 6.45) is 5.02. The van der Waals surface area contributed by atoms with Crippen molar-refractivity contribution in [1.29, 1.82) is 0 Å². The largest absolute Gasteiger partial charge is 0.481 e. The standard InChI is InChI=1S/C14H14N2O2S/c1-18-13-6-5-10(8-15-13)16-14(17)12-7-9-3-2-4-11(9)19-12/h5-8H,2-4H2,1H3,(H,16,17). The Morgan fingerprint density at radius 1 is 1.42 bits per heavy atom. The summed E-state index contributed by atoms with van der Waals surface area (Å²) in [7, 11) is 1.56. The molecule has 0 radical (unpaired) electrons. The second-order valence-electron chi connectivity index (χ2n) is 4.46. The Morgan fingerprint density at radius 3 is 3.00 bits per heavy atom. The normalized spacial score (nSPS) is 13.1. The number of carbonyl (C=O) groups excluding carboxylic acids is 1. The van der Waals surface area contributed by atoms with Crippen molar-refractivity contribution in [2.45, 2.75) is 19.3 Å². The third-order valence-electron chi connectivity index (χ3n) is 3.17. The van der Waals surface area contributed by atoms with Crippen LogP contribution in [0.1, 0.15) is 26.5 Å². The first-order valence-electron chi connectivity index (χ1n) is 6.19. The SMILES string of the molecule is COc1ccc(NC(=O)c2cc3c(s2)CCC3)cn1. The molecule has 0 aromatic carbocycles. The molecule has 0 saturated heterocycles. The van der Waals surface area contributed by atoms with Crippen LogP contribution in [-0.2, 0) is 12.8 Å². The van der Waals surface area contributed by atoms with Gasteiger partial charge in [0.25, 0.3) is 5.91 Å². The number of nitrogens with one attached hydrogen (secondary N) is 1. The van der Waals surface area contributed by atoms with Gasteiger partial charge in [0.1, 0.15) is 0 Å². The Kier molecular flexibility index (Phi) is 3.21. The number of pyridine rings is 1. The van der Waals surface area contributed by atoms with Gasteiger partial charge in [0.05, 0.1) is 23.9 Å². The number of carbonyl (C=O) groups is 1. The van der Waals surface area contributed by atoms with Gasteiger partial charge in [0.15, 0.2) is 0 Å². The number of thiophene rings is 1. The molecular weight excluding hydrogens is 260 g/mol. The summed E-state index contributed by atoms with van der Waals surface area (Å²) < 4.78 is 4.98. The molecule has 0 saturated carbocycles. The number of methoxy groups -OCH3 is 1. The molecule has 0 aliphatic heterocycles. The fraction of sp³-hybridized carbons (Fsp3) is 0.286. The summed E-state index contributed by atoms with van der Waals surface area (Å²) in [6, 6.07) is 5.52. The van der Waals surface area contributed by atoms with Crippen molar-refractivity contribution in [3.8, 4) is 5.88 Å². The van der Waals surface area contributed by atoms with Gasteiger partial charge in [-0.3, -0.25) is 4.79 Å². The first-order valence-corrected chi connectivity index (χ1v) is 7.01. The molecular formula is C14H14N2O2S. The minimum absolute atomic E-state index is 0.0635. The van der Waals surface area contributed by atoms with Crippen LogP contribution >= 0.6 is 11.3 Å². The van der Waals surface area contributed by atoms with Crippen LogP contribution in [0.3, 0.4) is 0 Å². The van der Waals surface area contributed by atoms with E-state index < -0.39 is 0 Å².